The van der Waals surface area contributed by atoms with Gasteiger partial charge in [-0.05, 0) is 38.5 Å². The largest absolute Gasteiger partial charge is 0.292 e. The van der Waals surface area contributed by atoms with Crippen molar-refractivity contribution in [2.45, 2.75) is 20.8 Å². The number of nitriles is 1. The van der Waals surface area contributed by atoms with Gasteiger partial charge in [0, 0.05) is 5.56 Å². The quantitative estimate of drug-likeness (QED) is 0.551. The molecule has 3 rings (SSSR count). The Morgan fingerprint density at radius 3 is 2.52 bits per heavy atom. The molecule has 144 valence electrons. The Hall–Kier alpha value is -4.05. The first-order chi connectivity index (χ1) is 13.9. The highest BCUT2D eigenvalue weighted by molar-refractivity contribution is 5.94. The van der Waals surface area contributed by atoms with E-state index in [4.69, 9.17) is 0 Å². The summed E-state index contributed by atoms with van der Waals surface area (Å²) in [4.78, 5) is 25.3. The Bertz CT molecular complexity index is 1200. The zero-order valence-corrected chi connectivity index (χ0v) is 16.3. The van der Waals surface area contributed by atoms with Crippen molar-refractivity contribution in [3.63, 3.8) is 0 Å². The molecule has 0 unspecified atom stereocenters. The fourth-order valence-electron chi connectivity index (χ4n) is 2.78. The molecule has 0 spiro atoms. The van der Waals surface area contributed by atoms with Gasteiger partial charge in [0.2, 0.25) is 0 Å². The van der Waals surface area contributed by atoms with Gasteiger partial charge in [-0.25, -0.2) is 5.43 Å². The van der Waals surface area contributed by atoms with Gasteiger partial charge in [-0.2, -0.15) is 20.1 Å². The number of carbonyl (C=O) groups is 1. The van der Waals surface area contributed by atoms with Crippen LogP contribution in [0, 0.1) is 32.1 Å². The Balaban J connectivity index is 1.96. The maximum absolute atomic E-state index is 12.6. The number of hydrogen-bond acceptors (Lipinski definition) is 5. The van der Waals surface area contributed by atoms with Crippen molar-refractivity contribution in [2.24, 2.45) is 5.10 Å². The van der Waals surface area contributed by atoms with Crippen molar-refractivity contribution in [3.05, 3.63) is 92.4 Å². The van der Waals surface area contributed by atoms with Crippen LogP contribution in [0.3, 0.4) is 0 Å². The Kier molecular flexibility index (Phi) is 5.65. The van der Waals surface area contributed by atoms with Crippen molar-refractivity contribution in [2.75, 3.05) is 0 Å². The second-order valence-corrected chi connectivity index (χ2v) is 6.63. The molecule has 0 saturated carbocycles. The van der Waals surface area contributed by atoms with Gasteiger partial charge in [0.25, 0.3) is 11.5 Å². The van der Waals surface area contributed by atoms with Crippen LogP contribution in [0.1, 0.15) is 38.3 Å². The highest BCUT2D eigenvalue weighted by Crippen LogP contribution is 2.11. The molecule has 7 nitrogen and oxygen atoms in total. The molecule has 0 aliphatic heterocycles. The van der Waals surface area contributed by atoms with Crippen molar-refractivity contribution >= 4 is 12.1 Å². The van der Waals surface area contributed by atoms with E-state index in [9.17, 15) is 14.9 Å². The minimum atomic E-state index is -0.608. The van der Waals surface area contributed by atoms with Gasteiger partial charge in [-0.1, -0.05) is 47.5 Å². The van der Waals surface area contributed by atoms with Crippen molar-refractivity contribution in [1.82, 2.24) is 15.2 Å². The van der Waals surface area contributed by atoms with Gasteiger partial charge in [-0.3, -0.25) is 9.59 Å². The van der Waals surface area contributed by atoms with E-state index < -0.39 is 11.5 Å². The number of hydrogen-bond donors (Lipinski definition) is 1. The zero-order valence-electron chi connectivity index (χ0n) is 16.3. The van der Waals surface area contributed by atoms with Crippen LogP contribution in [0.15, 0.2) is 58.4 Å². The summed E-state index contributed by atoms with van der Waals surface area (Å²) in [5.74, 6) is -0.608. The molecular weight excluding hydrogens is 366 g/mol. The van der Waals surface area contributed by atoms with Crippen LogP contribution in [-0.4, -0.2) is 21.9 Å². The molecule has 1 N–H and O–H groups in total. The van der Waals surface area contributed by atoms with Crippen LogP contribution in [0.25, 0.3) is 5.69 Å². The van der Waals surface area contributed by atoms with E-state index in [0.717, 1.165) is 21.4 Å². The van der Waals surface area contributed by atoms with E-state index >= 15 is 0 Å². The van der Waals surface area contributed by atoms with E-state index in [1.165, 1.54) is 13.1 Å². The molecule has 0 fully saturated rings. The van der Waals surface area contributed by atoms with E-state index in [1.54, 1.807) is 12.1 Å². The zero-order chi connectivity index (χ0) is 21.0. The van der Waals surface area contributed by atoms with Gasteiger partial charge >= 0.3 is 0 Å². The molecule has 2 aromatic carbocycles. The maximum Gasteiger partial charge on any atom is 0.292 e. The lowest BCUT2D eigenvalue weighted by Gasteiger charge is -2.10. The number of amides is 1. The van der Waals surface area contributed by atoms with E-state index in [0.29, 0.717) is 5.69 Å². The van der Waals surface area contributed by atoms with Gasteiger partial charge < -0.3 is 0 Å². The molecule has 0 bridgehead atoms. The first-order valence-corrected chi connectivity index (χ1v) is 8.92. The van der Waals surface area contributed by atoms with E-state index in [1.807, 2.05) is 56.3 Å². The summed E-state index contributed by atoms with van der Waals surface area (Å²) >= 11 is 0. The van der Waals surface area contributed by atoms with Crippen LogP contribution in [-0.2, 0) is 0 Å². The molecule has 0 saturated heterocycles. The topological polar surface area (TPSA) is 100 Å². The predicted octanol–water partition coefficient (Wildman–Crippen LogP) is 2.79. The van der Waals surface area contributed by atoms with Crippen LogP contribution in [0.4, 0.5) is 0 Å². The molecule has 1 amide bonds. The molecule has 0 aliphatic rings. The monoisotopic (exact) mass is 385 g/mol. The standard InChI is InChI=1S/C22H19N5O2/c1-14-7-9-18(10-8-14)27-22(29)19(12-23)16(3)20(26-27)21(28)25-24-13-17-6-4-5-15(2)11-17/h4-11,13H,1-3H3,(H,25,28)/b24-13+. The third kappa shape index (κ3) is 4.28. The number of carbonyl (C=O) groups excluding carboxylic acids is 1. The number of aryl methyl sites for hydroxylation is 2. The summed E-state index contributed by atoms with van der Waals surface area (Å²) in [5, 5.41) is 17.6. The second kappa shape index (κ2) is 8.31. The first-order valence-electron chi connectivity index (χ1n) is 8.92. The molecule has 0 atom stereocenters. The number of nitrogens with zero attached hydrogens (tertiary/aromatic N) is 4. The third-order valence-corrected chi connectivity index (χ3v) is 4.36. The number of nitrogens with one attached hydrogen (secondary N) is 1. The van der Waals surface area contributed by atoms with Gasteiger partial charge in [-0.15, -0.1) is 0 Å². The average Bonchev–Trinajstić information content (AvgIpc) is 2.69. The lowest BCUT2D eigenvalue weighted by atomic mass is 10.1. The molecule has 1 heterocycles. The Morgan fingerprint density at radius 1 is 1.14 bits per heavy atom. The van der Waals surface area contributed by atoms with Crippen LogP contribution in [0.2, 0.25) is 0 Å². The minimum absolute atomic E-state index is 0.0388. The molecule has 1 aromatic heterocycles. The van der Waals surface area contributed by atoms with Crippen LogP contribution < -0.4 is 11.0 Å². The normalized spacial score (nSPS) is 10.7. The number of aromatic nitrogens is 2. The molecule has 3 aromatic rings. The third-order valence-electron chi connectivity index (χ3n) is 4.36. The van der Waals surface area contributed by atoms with E-state index in [2.05, 4.69) is 15.6 Å². The predicted molar refractivity (Wildman–Crippen MR) is 110 cm³/mol. The molecule has 29 heavy (non-hydrogen) atoms. The van der Waals surface area contributed by atoms with E-state index in [-0.39, 0.29) is 16.8 Å². The lowest BCUT2D eigenvalue weighted by molar-refractivity contribution is 0.0947. The molecule has 0 radical (unpaired) electrons. The summed E-state index contributed by atoms with van der Waals surface area (Å²) in [6.45, 7) is 5.40. The van der Waals surface area contributed by atoms with Gasteiger partial charge in [0.1, 0.15) is 11.6 Å². The highest BCUT2D eigenvalue weighted by Gasteiger charge is 2.20. The van der Waals surface area contributed by atoms with Gasteiger partial charge in [0.15, 0.2) is 5.69 Å². The van der Waals surface area contributed by atoms with Crippen molar-refractivity contribution < 1.29 is 4.79 Å². The summed E-state index contributed by atoms with van der Waals surface area (Å²) in [7, 11) is 0. The highest BCUT2D eigenvalue weighted by atomic mass is 16.2. The summed E-state index contributed by atoms with van der Waals surface area (Å²) < 4.78 is 1.06. The Labute approximate surface area is 167 Å². The number of benzene rings is 2. The van der Waals surface area contributed by atoms with Crippen LogP contribution >= 0.6 is 0 Å². The van der Waals surface area contributed by atoms with Crippen molar-refractivity contribution in [1.29, 1.82) is 5.26 Å². The summed E-state index contributed by atoms with van der Waals surface area (Å²) in [5.41, 5.74) is 5.26. The smallest absolute Gasteiger partial charge is 0.266 e. The molecule has 0 aliphatic carbocycles. The van der Waals surface area contributed by atoms with Crippen LogP contribution in [0.5, 0.6) is 0 Å². The average molecular weight is 385 g/mol. The molecule has 7 heteroatoms. The van der Waals surface area contributed by atoms with Crippen molar-refractivity contribution in [3.8, 4) is 11.8 Å². The minimum Gasteiger partial charge on any atom is -0.266 e. The fourth-order valence-corrected chi connectivity index (χ4v) is 2.78. The number of hydrazone groups is 1. The SMILES string of the molecule is Cc1ccc(-n2nc(C(=O)N/N=C/c3cccc(C)c3)c(C)c(C#N)c2=O)cc1. The summed E-state index contributed by atoms with van der Waals surface area (Å²) in [6.07, 6.45) is 1.52. The summed E-state index contributed by atoms with van der Waals surface area (Å²) in [6, 6.07) is 16.6. The number of rotatable bonds is 4. The second-order valence-electron chi connectivity index (χ2n) is 6.63. The lowest BCUT2D eigenvalue weighted by Crippen LogP contribution is -2.31. The Morgan fingerprint density at radius 2 is 1.86 bits per heavy atom. The van der Waals surface area contributed by atoms with Gasteiger partial charge in [0.05, 0.1) is 11.9 Å². The maximum atomic E-state index is 12.6. The molecular formula is C22H19N5O2. The fraction of sp³-hybridized carbons (Fsp3) is 0.136. The first kappa shape index (κ1) is 19.7.